The number of rotatable bonds is 8. The maximum atomic E-state index is 5.30. The van der Waals surface area contributed by atoms with Crippen LogP contribution in [0.25, 0.3) is 0 Å². The van der Waals surface area contributed by atoms with E-state index in [4.69, 9.17) is 4.74 Å². The Morgan fingerprint density at radius 2 is 1.71 bits per heavy atom. The Kier molecular flexibility index (Phi) is 6.29. The van der Waals surface area contributed by atoms with Gasteiger partial charge in [-0.1, -0.05) is 68.3 Å². The molecule has 2 nitrogen and oxygen atoms in total. The maximum absolute atomic E-state index is 5.30. The smallest absolute Gasteiger partial charge is 0.0733 e. The summed E-state index contributed by atoms with van der Waals surface area (Å²) in [6, 6.07) is 19.4. The number of anilines is 1. The zero-order valence-electron chi connectivity index (χ0n) is 13.0. The molecular weight excluding hydrogens is 258 g/mol. The molecule has 2 heteroatoms. The molecule has 0 spiro atoms. The second-order valence-electron chi connectivity index (χ2n) is 5.34. The number of para-hydroxylation sites is 1. The average Bonchev–Trinajstić information content (AvgIpc) is 2.54. The Hall–Kier alpha value is -1.80. The van der Waals surface area contributed by atoms with E-state index in [0.717, 1.165) is 6.42 Å². The van der Waals surface area contributed by atoms with Crippen molar-refractivity contribution in [1.82, 2.24) is 0 Å². The first-order valence-corrected chi connectivity index (χ1v) is 7.73. The van der Waals surface area contributed by atoms with Gasteiger partial charge < -0.3 is 10.1 Å². The van der Waals surface area contributed by atoms with Crippen LogP contribution in [0, 0.1) is 0 Å². The molecule has 1 N–H and O–H groups in total. The normalized spacial score (nSPS) is 12.1. The van der Waals surface area contributed by atoms with Crippen LogP contribution in [0.2, 0.25) is 0 Å². The second-order valence-corrected chi connectivity index (χ2v) is 5.34. The van der Waals surface area contributed by atoms with E-state index in [0.29, 0.717) is 12.6 Å². The summed E-state index contributed by atoms with van der Waals surface area (Å²) < 4.78 is 5.30. The van der Waals surface area contributed by atoms with Crippen molar-refractivity contribution in [1.29, 1.82) is 0 Å². The minimum absolute atomic E-state index is 0.351. The Balaban J connectivity index is 2.19. The fourth-order valence-electron chi connectivity index (χ4n) is 2.55. The summed E-state index contributed by atoms with van der Waals surface area (Å²) in [7, 11) is 1.74. The number of methoxy groups -OCH3 is 1. The van der Waals surface area contributed by atoms with Crippen LogP contribution in [-0.4, -0.2) is 7.11 Å². The van der Waals surface area contributed by atoms with Crippen LogP contribution in [0.3, 0.4) is 0 Å². The molecule has 2 aromatic rings. The molecule has 0 saturated heterocycles. The quantitative estimate of drug-likeness (QED) is 0.721. The molecule has 0 bridgehead atoms. The van der Waals surface area contributed by atoms with Crippen LogP contribution in [0.15, 0.2) is 54.6 Å². The molecule has 1 unspecified atom stereocenters. The molecule has 2 rings (SSSR count). The molecule has 0 aromatic heterocycles. The molecule has 112 valence electrons. The van der Waals surface area contributed by atoms with E-state index < -0.39 is 0 Å². The van der Waals surface area contributed by atoms with Gasteiger partial charge in [-0.15, -0.1) is 0 Å². The Bertz CT molecular complexity index is 524. The zero-order valence-corrected chi connectivity index (χ0v) is 13.0. The second kappa shape index (κ2) is 8.48. The van der Waals surface area contributed by atoms with Gasteiger partial charge in [-0.25, -0.2) is 0 Å². The van der Waals surface area contributed by atoms with Crippen molar-refractivity contribution >= 4 is 5.69 Å². The predicted octanol–water partition coefficient (Wildman–Crippen LogP) is 5.18. The summed E-state index contributed by atoms with van der Waals surface area (Å²) in [5.41, 5.74) is 3.72. The van der Waals surface area contributed by atoms with Crippen molar-refractivity contribution in [3.63, 3.8) is 0 Å². The molecule has 0 heterocycles. The fraction of sp³-hybridized carbons (Fsp3) is 0.368. The summed E-state index contributed by atoms with van der Waals surface area (Å²) in [6.07, 6.45) is 3.57. The summed E-state index contributed by atoms with van der Waals surface area (Å²) in [4.78, 5) is 0. The predicted molar refractivity (Wildman–Crippen MR) is 89.5 cm³/mol. The van der Waals surface area contributed by atoms with Crippen molar-refractivity contribution in [2.24, 2.45) is 0 Å². The van der Waals surface area contributed by atoms with Crippen LogP contribution in [0.5, 0.6) is 0 Å². The van der Waals surface area contributed by atoms with Gasteiger partial charge in [0.15, 0.2) is 0 Å². The Morgan fingerprint density at radius 3 is 2.43 bits per heavy atom. The molecule has 21 heavy (non-hydrogen) atoms. The highest BCUT2D eigenvalue weighted by molar-refractivity contribution is 5.52. The van der Waals surface area contributed by atoms with Crippen molar-refractivity contribution in [3.8, 4) is 0 Å². The van der Waals surface area contributed by atoms with Crippen LogP contribution in [0.1, 0.15) is 43.4 Å². The van der Waals surface area contributed by atoms with Crippen LogP contribution in [-0.2, 0) is 11.3 Å². The van der Waals surface area contributed by atoms with Crippen LogP contribution < -0.4 is 5.32 Å². The van der Waals surface area contributed by atoms with Gasteiger partial charge in [0, 0.05) is 18.4 Å². The van der Waals surface area contributed by atoms with Gasteiger partial charge in [-0.3, -0.25) is 0 Å². The number of benzene rings is 2. The third-order valence-electron chi connectivity index (χ3n) is 3.70. The lowest BCUT2D eigenvalue weighted by Crippen LogP contribution is -2.12. The maximum Gasteiger partial charge on any atom is 0.0733 e. The standard InChI is InChI=1S/C19H25NO/c1-3-4-13-18(16-10-6-5-7-11-16)20-19-14-9-8-12-17(19)15-21-2/h5-12,14,18,20H,3-4,13,15H2,1-2H3. The SMILES string of the molecule is CCCCC(Nc1ccccc1COC)c1ccccc1. The molecule has 0 amide bonds. The van der Waals surface area contributed by atoms with E-state index in [-0.39, 0.29) is 0 Å². The van der Waals surface area contributed by atoms with Crippen molar-refractivity contribution in [2.45, 2.75) is 38.8 Å². The van der Waals surface area contributed by atoms with Gasteiger partial charge in [0.05, 0.1) is 12.6 Å². The first kappa shape index (κ1) is 15.6. The third-order valence-corrected chi connectivity index (χ3v) is 3.70. The molecule has 1 atom stereocenters. The topological polar surface area (TPSA) is 21.3 Å². The van der Waals surface area contributed by atoms with Crippen molar-refractivity contribution in [2.75, 3.05) is 12.4 Å². The Morgan fingerprint density at radius 1 is 1.00 bits per heavy atom. The molecule has 0 aliphatic carbocycles. The summed E-state index contributed by atoms with van der Waals surface area (Å²) in [6.45, 7) is 2.87. The largest absolute Gasteiger partial charge is 0.380 e. The summed E-state index contributed by atoms with van der Waals surface area (Å²) in [5, 5.41) is 3.70. The van der Waals surface area contributed by atoms with Gasteiger partial charge in [0.1, 0.15) is 0 Å². The molecule has 0 aliphatic heterocycles. The first-order valence-electron chi connectivity index (χ1n) is 7.73. The molecular formula is C19H25NO. The van der Waals surface area contributed by atoms with Gasteiger partial charge >= 0.3 is 0 Å². The number of unbranched alkanes of at least 4 members (excludes halogenated alkanes) is 1. The van der Waals surface area contributed by atoms with Gasteiger partial charge in [-0.2, -0.15) is 0 Å². The number of hydrogen-bond acceptors (Lipinski definition) is 2. The fourth-order valence-corrected chi connectivity index (χ4v) is 2.55. The van der Waals surface area contributed by atoms with E-state index >= 15 is 0 Å². The molecule has 0 fully saturated rings. The number of nitrogens with one attached hydrogen (secondary N) is 1. The monoisotopic (exact) mass is 283 g/mol. The van der Waals surface area contributed by atoms with E-state index in [1.165, 1.54) is 29.7 Å². The summed E-state index contributed by atoms with van der Waals surface area (Å²) >= 11 is 0. The van der Waals surface area contributed by atoms with E-state index in [9.17, 15) is 0 Å². The summed E-state index contributed by atoms with van der Waals surface area (Å²) in [5.74, 6) is 0. The highest BCUT2D eigenvalue weighted by Gasteiger charge is 2.12. The lowest BCUT2D eigenvalue weighted by Gasteiger charge is -2.22. The molecule has 0 radical (unpaired) electrons. The van der Waals surface area contributed by atoms with E-state index in [1.54, 1.807) is 7.11 Å². The zero-order chi connectivity index (χ0) is 14.9. The van der Waals surface area contributed by atoms with Gasteiger partial charge in [0.25, 0.3) is 0 Å². The third kappa shape index (κ3) is 4.61. The molecule has 0 aliphatic rings. The lowest BCUT2D eigenvalue weighted by atomic mass is 10.00. The Labute approximate surface area is 128 Å². The van der Waals surface area contributed by atoms with Crippen molar-refractivity contribution in [3.05, 3.63) is 65.7 Å². The van der Waals surface area contributed by atoms with Gasteiger partial charge in [-0.05, 0) is 18.1 Å². The van der Waals surface area contributed by atoms with Gasteiger partial charge in [0.2, 0.25) is 0 Å². The highest BCUT2D eigenvalue weighted by atomic mass is 16.5. The molecule has 2 aromatic carbocycles. The highest BCUT2D eigenvalue weighted by Crippen LogP contribution is 2.26. The molecule has 0 saturated carbocycles. The van der Waals surface area contributed by atoms with Crippen LogP contribution >= 0.6 is 0 Å². The number of ether oxygens (including phenoxy) is 1. The minimum Gasteiger partial charge on any atom is -0.380 e. The van der Waals surface area contributed by atoms with Crippen LogP contribution in [0.4, 0.5) is 5.69 Å². The minimum atomic E-state index is 0.351. The number of hydrogen-bond donors (Lipinski definition) is 1. The average molecular weight is 283 g/mol. The lowest BCUT2D eigenvalue weighted by molar-refractivity contribution is 0.185. The van der Waals surface area contributed by atoms with E-state index in [2.05, 4.69) is 66.8 Å². The van der Waals surface area contributed by atoms with E-state index in [1.807, 2.05) is 0 Å². The first-order chi connectivity index (χ1) is 10.3. The van der Waals surface area contributed by atoms with Crippen molar-refractivity contribution < 1.29 is 4.74 Å².